The summed E-state index contributed by atoms with van der Waals surface area (Å²) in [7, 11) is 0. The second kappa shape index (κ2) is 7.52. The molecular weight excluding hydrogens is 426 g/mol. The van der Waals surface area contributed by atoms with Gasteiger partial charge in [-0.25, -0.2) is 4.79 Å². The van der Waals surface area contributed by atoms with E-state index in [1.807, 2.05) is 71.6 Å². The number of fused-ring (bicyclic) bond motifs is 5. The van der Waals surface area contributed by atoms with E-state index in [9.17, 15) is 14.4 Å². The first-order chi connectivity index (χ1) is 16.6. The molecule has 3 atom stereocenters. The molecule has 0 radical (unpaired) electrons. The minimum absolute atomic E-state index is 0.210. The van der Waals surface area contributed by atoms with Crippen molar-refractivity contribution in [3.8, 4) is 0 Å². The van der Waals surface area contributed by atoms with E-state index in [0.717, 1.165) is 16.8 Å². The lowest BCUT2D eigenvalue weighted by Gasteiger charge is -2.36. The van der Waals surface area contributed by atoms with E-state index >= 15 is 0 Å². The number of esters is 1. The number of rotatable bonds is 3. The Morgan fingerprint density at radius 3 is 2.18 bits per heavy atom. The fourth-order valence-electron chi connectivity index (χ4n) is 6.15. The largest absolute Gasteiger partial charge is 0.464 e. The highest BCUT2D eigenvalue weighted by molar-refractivity contribution is 6.32. The first-order valence-electron chi connectivity index (χ1n) is 11.6. The summed E-state index contributed by atoms with van der Waals surface area (Å²) in [5, 5.41) is 0. The fourth-order valence-corrected chi connectivity index (χ4v) is 6.15. The van der Waals surface area contributed by atoms with Crippen molar-refractivity contribution in [3.63, 3.8) is 0 Å². The second-order valence-corrected chi connectivity index (χ2v) is 8.93. The van der Waals surface area contributed by atoms with Crippen LogP contribution in [-0.4, -0.2) is 36.2 Å². The van der Waals surface area contributed by atoms with Gasteiger partial charge in [-0.15, -0.1) is 0 Å². The number of ketones is 2. The van der Waals surface area contributed by atoms with Crippen molar-refractivity contribution in [2.45, 2.75) is 24.9 Å². The normalized spacial score (nSPS) is 23.6. The molecule has 0 amide bonds. The van der Waals surface area contributed by atoms with Crippen LogP contribution in [0.2, 0.25) is 0 Å². The topological polar surface area (TPSA) is 63.7 Å². The average Bonchev–Trinajstić information content (AvgIpc) is 3.31. The Hall–Kier alpha value is -3.99. The van der Waals surface area contributed by atoms with Crippen LogP contribution in [0.3, 0.4) is 0 Å². The summed E-state index contributed by atoms with van der Waals surface area (Å²) in [6, 6.07) is 22.7. The van der Waals surface area contributed by atoms with Gasteiger partial charge in [0, 0.05) is 22.7 Å². The highest BCUT2D eigenvalue weighted by Gasteiger charge is 2.71. The molecule has 1 saturated heterocycles. The van der Waals surface area contributed by atoms with Gasteiger partial charge in [-0.05, 0) is 24.1 Å². The van der Waals surface area contributed by atoms with E-state index in [-0.39, 0.29) is 18.2 Å². The fraction of sp³-hybridized carbons (Fsp3) is 0.207. The predicted molar refractivity (Wildman–Crippen MR) is 129 cm³/mol. The number of ether oxygens (including phenoxy) is 1. The van der Waals surface area contributed by atoms with E-state index in [4.69, 9.17) is 4.74 Å². The van der Waals surface area contributed by atoms with Crippen LogP contribution in [0.4, 0.5) is 5.69 Å². The number of carbonyl (C=O) groups is 3. The first kappa shape index (κ1) is 20.6. The second-order valence-electron chi connectivity index (χ2n) is 8.93. The van der Waals surface area contributed by atoms with Gasteiger partial charge in [0.2, 0.25) is 0 Å². The molecule has 168 valence electrons. The Labute approximate surface area is 197 Å². The molecule has 5 nitrogen and oxygen atoms in total. The van der Waals surface area contributed by atoms with Gasteiger partial charge in [-0.2, -0.15) is 0 Å². The summed E-state index contributed by atoms with van der Waals surface area (Å²) in [4.78, 5) is 44.1. The molecule has 6 rings (SSSR count). The van der Waals surface area contributed by atoms with Gasteiger partial charge in [0.25, 0.3) is 0 Å². The molecule has 0 unspecified atom stereocenters. The Morgan fingerprint density at radius 1 is 0.882 bits per heavy atom. The summed E-state index contributed by atoms with van der Waals surface area (Å²) in [5.74, 6) is -1.60. The Balaban J connectivity index is 1.68. The zero-order valence-electron chi connectivity index (χ0n) is 18.7. The molecule has 2 heterocycles. The molecule has 0 saturated carbocycles. The minimum atomic E-state index is -1.47. The quantitative estimate of drug-likeness (QED) is 0.429. The summed E-state index contributed by atoms with van der Waals surface area (Å²) in [5.41, 5.74) is 1.91. The molecule has 5 heteroatoms. The number of Topliss-reactive ketones (excluding diaryl/α,β-unsaturated/α-hetero) is 2. The van der Waals surface area contributed by atoms with Crippen LogP contribution in [-0.2, 0) is 9.53 Å². The molecule has 34 heavy (non-hydrogen) atoms. The van der Waals surface area contributed by atoms with Crippen molar-refractivity contribution in [2.75, 3.05) is 11.5 Å². The van der Waals surface area contributed by atoms with E-state index < -0.39 is 29.4 Å². The SMILES string of the molecule is CCOC(=O)[C@@H]1[C@H](c2ccccc2)C2(C(=O)c3ccccc3C2=O)[C@H]2C=Cc3ccccc3N12. The molecular formula is C29H23NO4. The number of benzene rings is 3. The third kappa shape index (κ3) is 2.52. The number of carbonyl (C=O) groups excluding carboxylic acids is 3. The van der Waals surface area contributed by atoms with Crippen LogP contribution in [0.5, 0.6) is 0 Å². The lowest BCUT2D eigenvalue weighted by molar-refractivity contribution is -0.145. The van der Waals surface area contributed by atoms with Crippen molar-refractivity contribution in [1.82, 2.24) is 0 Å². The van der Waals surface area contributed by atoms with Crippen LogP contribution >= 0.6 is 0 Å². The molecule has 1 aliphatic carbocycles. The van der Waals surface area contributed by atoms with Crippen LogP contribution in [0.25, 0.3) is 6.08 Å². The maximum Gasteiger partial charge on any atom is 0.329 e. The molecule has 0 bridgehead atoms. The van der Waals surface area contributed by atoms with Crippen molar-refractivity contribution < 1.29 is 19.1 Å². The van der Waals surface area contributed by atoms with Gasteiger partial charge in [0.05, 0.1) is 12.6 Å². The van der Waals surface area contributed by atoms with Gasteiger partial charge < -0.3 is 9.64 Å². The molecule has 0 aromatic heterocycles. The van der Waals surface area contributed by atoms with Crippen molar-refractivity contribution in [3.05, 3.63) is 107 Å². The van der Waals surface area contributed by atoms with E-state index in [1.165, 1.54) is 0 Å². The molecule has 1 fully saturated rings. The lowest BCUT2D eigenvalue weighted by Crippen LogP contribution is -2.48. The van der Waals surface area contributed by atoms with Crippen LogP contribution in [0.15, 0.2) is 84.9 Å². The van der Waals surface area contributed by atoms with Crippen LogP contribution in [0, 0.1) is 5.41 Å². The van der Waals surface area contributed by atoms with Crippen LogP contribution < -0.4 is 4.90 Å². The van der Waals surface area contributed by atoms with Crippen molar-refractivity contribution in [2.24, 2.45) is 5.41 Å². The minimum Gasteiger partial charge on any atom is -0.464 e. The van der Waals surface area contributed by atoms with Crippen molar-refractivity contribution in [1.29, 1.82) is 0 Å². The first-order valence-corrected chi connectivity index (χ1v) is 11.6. The zero-order chi connectivity index (χ0) is 23.4. The van der Waals surface area contributed by atoms with E-state index in [0.29, 0.717) is 11.1 Å². The molecule has 1 spiro atoms. The van der Waals surface area contributed by atoms with Gasteiger partial charge >= 0.3 is 5.97 Å². The molecule has 3 aromatic rings. The standard InChI is InChI=1S/C29H23NO4/c1-2-34-28(33)25-24(19-11-4-3-5-12-19)29(26(31)20-13-7-8-14-21(20)27(29)32)23-17-16-18-10-6-9-15-22(18)30(23)25/h3-17,23-25H,2H2,1H3/t23-,24+,25+/m1/s1. The lowest BCUT2D eigenvalue weighted by atomic mass is 9.65. The number of nitrogens with zero attached hydrogens (tertiary/aromatic N) is 1. The molecule has 0 N–H and O–H groups in total. The highest BCUT2D eigenvalue weighted by Crippen LogP contribution is 2.60. The smallest absolute Gasteiger partial charge is 0.329 e. The Kier molecular flexibility index (Phi) is 4.56. The number of hydrogen-bond donors (Lipinski definition) is 0. The number of hydrogen-bond acceptors (Lipinski definition) is 5. The highest BCUT2D eigenvalue weighted by atomic mass is 16.5. The van der Waals surface area contributed by atoms with Crippen LogP contribution in [0.1, 0.15) is 44.7 Å². The zero-order valence-corrected chi connectivity index (χ0v) is 18.7. The van der Waals surface area contributed by atoms with Gasteiger partial charge in [-0.3, -0.25) is 9.59 Å². The number of para-hydroxylation sites is 1. The molecule has 3 aliphatic rings. The summed E-state index contributed by atoms with van der Waals surface area (Å²) < 4.78 is 5.56. The number of anilines is 1. The Bertz CT molecular complexity index is 1320. The van der Waals surface area contributed by atoms with E-state index in [2.05, 4.69) is 0 Å². The van der Waals surface area contributed by atoms with Gasteiger partial charge in [0.15, 0.2) is 11.6 Å². The van der Waals surface area contributed by atoms with E-state index in [1.54, 1.807) is 31.2 Å². The summed E-state index contributed by atoms with van der Waals surface area (Å²) in [6.07, 6.45) is 3.87. The maximum atomic E-state index is 14.3. The summed E-state index contributed by atoms with van der Waals surface area (Å²) in [6.45, 7) is 1.98. The average molecular weight is 450 g/mol. The Morgan fingerprint density at radius 2 is 1.50 bits per heavy atom. The third-order valence-electron chi connectivity index (χ3n) is 7.40. The maximum absolute atomic E-state index is 14.3. The third-order valence-corrected chi connectivity index (χ3v) is 7.40. The molecule has 3 aromatic carbocycles. The monoisotopic (exact) mass is 449 g/mol. The van der Waals surface area contributed by atoms with Gasteiger partial charge in [0.1, 0.15) is 11.5 Å². The van der Waals surface area contributed by atoms with Gasteiger partial charge in [-0.1, -0.05) is 84.9 Å². The molecule has 2 aliphatic heterocycles. The predicted octanol–water partition coefficient (Wildman–Crippen LogP) is 4.68. The van der Waals surface area contributed by atoms with Crippen molar-refractivity contribution >= 4 is 29.3 Å². The summed E-state index contributed by atoms with van der Waals surface area (Å²) >= 11 is 0.